The molecule has 2 bridgehead atoms. The van der Waals surface area contributed by atoms with Crippen LogP contribution in [-0.4, -0.2) is 29.6 Å². The molecule has 25 heavy (non-hydrogen) atoms. The minimum Gasteiger partial charge on any atom is -0.478 e. The first-order valence-electron chi connectivity index (χ1n) is 7.99. The maximum atomic E-state index is 12.6. The summed E-state index contributed by atoms with van der Waals surface area (Å²) in [5.41, 5.74) is 0.501. The SMILES string of the molecule is N#CCOc1ccc(Cl)cc1C=NN1C(=O)[C@@H]2[C@H](C1=O)[C@H]1C=C[C@H]2C1. The molecule has 0 unspecified atom stereocenters. The molecule has 2 fully saturated rings. The molecule has 0 radical (unpaired) electrons. The second kappa shape index (κ2) is 6.01. The summed E-state index contributed by atoms with van der Waals surface area (Å²) in [6, 6.07) is 6.74. The first-order chi connectivity index (χ1) is 12.1. The number of carbonyl (C=O) groups excluding carboxylic acids is 2. The summed E-state index contributed by atoms with van der Waals surface area (Å²) < 4.78 is 5.32. The quantitative estimate of drug-likeness (QED) is 0.471. The number of hydrogen-bond acceptors (Lipinski definition) is 5. The largest absolute Gasteiger partial charge is 0.478 e. The highest BCUT2D eigenvalue weighted by Crippen LogP contribution is 2.52. The van der Waals surface area contributed by atoms with Crippen LogP contribution in [0.1, 0.15) is 12.0 Å². The van der Waals surface area contributed by atoms with Crippen molar-refractivity contribution in [3.63, 3.8) is 0 Å². The van der Waals surface area contributed by atoms with Crippen LogP contribution in [0, 0.1) is 35.0 Å². The van der Waals surface area contributed by atoms with E-state index in [9.17, 15) is 9.59 Å². The van der Waals surface area contributed by atoms with Gasteiger partial charge in [0.05, 0.1) is 18.1 Å². The Labute approximate surface area is 149 Å². The number of nitriles is 1. The van der Waals surface area contributed by atoms with E-state index in [1.807, 2.05) is 18.2 Å². The monoisotopic (exact) mass is 355 g/mol. The number of ether oxygens (including phenoxy) is 1. The van der Waals surface area contributed by atoms with Crippen molar-refractivity contribution < 1.29 is 14.3 Å². The minimum absolute atomic E-state index is 0.122. The number of imide groups is 1. The van der Waals surface area contributed by atoms with Gasteiger partial charge < -0.3 is 4.74 Å². The van der Waals surface area contributed by atoms with Crippen LogP contribution < -0.4 is 4.74 Å². The van der Waals surface area contributed by atoms with Gasteiger partial charge in [0.2, 0.25) is 0 Å². The van der Waals surface area contributed by atoms with Crippen molar-refractivity contribution in [2.24, 2.45) is 28.8 Å². The van der Waals surface area contributed by atoms with Gasteiger partial charge in [-0.05, 0) is 36.5 Å². The van der Waals surface area contributed by atoms with Gasteiger partial charge >= 0.3 is 0 Å². The Morgan fingerprint density at radius 1 is 1.28 bits per heavy atom. The zero-order valence-corrected chi connectivity index (χ0v) is 13.9. The summed E-state index contributed by atoms with van der Waals surface area (Å²) in [5, 5.41) is 14.2. The fourth-order valence-corrected chi connectivity index (χ4v) is 4.16. The van der Waals surface area contributed by atoms with Crippen LogP contribution in [0.4, 0.5) is 0 Å². The Balaban J connectivity index is 1.59. The Kier molecular flexibility index (Phi) is 3.81. The van der Waals surface area contributed by atoms with Crippen molar-refractivity contribution in [1.29, 1.82) is 5.26 Å². The smallest absolute Gasteiger partial charge is 0.254 e. The second-order valence-electron chi connectivity index (χ2n) is 6.36. The predicted octanol–water partition coefficient (Wildman–Crippen LogP) is 2.38. The van der Waals surface area contributed by atoms with Gasteiger partial charge in [-0.3, -0.25) is 9.59 Å². The Morgan fingerprint density at radius 3 is 2.60 bits per heavy atom. The number of hydrogen-bond donors (Lipinski definition) is 0. The van der Waals surface area contributed by atoms with Gasteiger partial charge in [0.15, 0.2) is 6.61 Å². The highest BCUT2D eigenvalue weighted by molar-refractivity contribution is 6.31. The summed E-state index contributed by atoms with van der Waals surface area (Å²) in [4.78, 5) is 25.2. The van der Waals surface area contributed by atoms with Crippen LogP contribution in [0.3, 0.4) is 0 Å². The zero-order valence-electron chi connectivity index (χ0n) is 13.1. The molecule has 1 aromatic carbocycles. The lowest BCUT2D eigenvalue weighted by molar-refractivity contribution is -0.140. The molecule has 4 rings (SSSR count). The molecule has 3 aliphatic rings. The number of halogens is 1. The number of allylic oxidation sites excluding steroid dienone is 2. The average molecular weight is 356 g/mol. The lowest BCUT2D eigenvalue weighted by Gasteiger charge is -2.13. The second-order valence-corrected chi connectivity index (χ2v) is 6.80. The van der Waals surface area contributed by atoms with Gasteiger partial charge in [-0.1, -0.05) is 23.8 Å². The minimum atomic E-state index is -0.284. The van der Waals surface area contributed by atoms with E-state index in [1.165, 1.54) is 6.21 Å². The molecular weight excluding hydrogens is 342 g/mol. The number of fused-ring (bicyclic) bond motifs is 5. The van der Waals surface area contributed by atoms with Gasteiger partial charge in [-0.25, -0.2) is 0 Å². The molecule has 0 N–H and O–H groups in total. The maximum Gasteiger partial charge on any atom is 0.254 e. The van der Waals surface area contributed by atoms with Gasteiger partial charge in [-0.2, -0.15) is 15.4 Å². The number of hydrazone groups is 1. The van der Waals surface area contributed by atoms with E-state index in [0.717, 1.165) is 11.4 Å². The Bertz CT molecular complexity index is 828. The van der Waals surface area contributed by atoms with Gasteiger partial charge in [0, 0.05) is 10.6 Å². The number of benzene rings is 1. The van der Waals surface area contributed by atoms with Crippen molar-refractivity contribution in [2.45, 2.75) is 6.42 Å². The zero-order chi connectivity index (χ0) is 17.6. The molecule has 126 valence electrons. The summed E-state index contributed by atoms with van der Waals surface area (Å²) in [6.45, 7) is -0.122. The average Bonchev–Trinajstić information content (AvgIpc) is 3.27. The number of rotatable bonds is 4. The van der Waals surface area contributed by atoms with Crippen LogP contribution in [0.15, 0.2) is 35.5 Å². The molecule has 1 aromatic rings. The van der Waals surface area contributed by atoms with E-state index in [4.69, 9.17) is 21.6 Å². The maximum absolute atomic E-state index is 12.6. The van der Waals surface area contributed by atoms with E-state index in [1.54, 1.807) is 18.2 Å². The Morgan fingerprint density at radius 2 is 1.96 bits per heavy atom. The molecule has 2 amide bonds. The van der Waals surface area contributed by atoms with E-state index in [2.05, 4.69) is 5.10 Å². The predicted molar refractivity (Wildman–Crippen MR) is 89.7 cm³/mol. The summed E-state index contributed by atoms with van der Waals surface area (Å²) in [5.74, 6) is -0.355. The van der Waals surface area contributed by atoms with Crippen molar-refractivity contribution >= 4 is 29.6 Å². The lowest BCUT2D eigenvalue weighted by Crippen LogP contribution is -2.28. The summed E-state index contributed by atoms with van der Waals surface area (Å²) >= 11 is 5.99. The normalized spacial score (nSPS) is 29.5. The number of nitrogens with zero attached hydrogens (tertiary/aromatic N) is 3. The Hall–Kier alpha value is -2.65. The van der Waals surface area contributed by atoms with Crippen LogP contribution in [0.2, 0.25) is 5.02 Å². The van der Waals surface area contributed by atoms with Gasteiger partial charge in [-0.15, -0.1) is 0 Å². The van der Waals surface area contributed by atoms with Crippen LogP contribution >= 0.6 is 11.6 Å². The third-order valence-electron chi connectivity index (χ3n) is 5.02. The van der Waals surface area contributed by atoms with Gasteiger partial charge in [0.25, 0.3) is 11.8 Å². The highest BCUT2D eigenvalue weighted by Gasteiger charge is 2.59. The van der Waals surface area contributed by atoms with E-state index >= 15 is 0 Å². The third kappa shape index (κ3) is 2.52. The first kappa shape index (κ1) is 15.9. The molecule has 4 atom stereocenters. The van der Waals surface area contributed by atoms with Crippen molar-refractivity contribution in [3.8, 4) is 11.8 Å². The molecule has 2 aliphatic carbocycles. The lowest BCUT2D eigenvalue weighted by atomic mass is 9.85. The molecule has 1 aliphatic heterocycles. The van der Waals surface area contributed by atoms with E-state index in [-0.39, 0.29) is 42.1 Å². The van der Waals surface area contributed by atoms with Gasteiger partial charge in [0.1, 0.15) is 11.8 Å². The summed E-state index contributed by atoms with van der Waals surface area (Å²) in [6.07, 6.45) is 6.33. The molecule has 0 aromatic heterocycles. The molecule has 6 nitrogen and oxygen atoms in total. The molecule has 7 heteroatoms. The summed E-state index contributed by atoms with van der Waals surface area (Å²) in [7, 11) is 0. The molecule has 1 saturated carbocycles. The molecular formula is C18H14ClN3O3. The van der Waals surface area contributed by atoms with Crippen molar-refractivity contribution in [2.75, 3.05) is 6.61 Å². The standard InChI is InChI=1S/C18H14ClN3O3/c19-13-3-4-14(25-6-5-20)12(8-13)9-21-22-17(23)15-10-1-2-11(7-10)16(15)18(22)24/h1-4,8-11,15-16H,6-7H2/t10-,11-,15-,16+/m0/s1. The molecule has 1 saturated heterocycles. The van der Waals surface area contributed by atoms with Crippen LogP contribution in [0.5, 0.6) is 5.75 Å². The molecule has 1 heterocycles. The van der Waals surface area contributed by atoms with E-state index in [0.29, 0.717) is 16.3 Å². The van der Waals surface area contributed by atoms with Crippen molar-refractivity contribution in [1.82, 2.24) is 5.01 Å². The van der Waals surface area contributed by atoms with E-state index < -0.39 is 0 Å². The topological polar surface area (TPSA) is 82.8 Å². The molecule has 0 spiro atoms. The highest BCUT2D eigenvalue weighted by atomic mass is 35.5. The fourth-order valence-electron chi connectivity index (χ4n) is 3.98. The first-order valence-corrected chi connectivity index (χ1v) is 8.37. The fraction of sp³-hybridized carbons (Fsp3) is 0.333. The van der Waals surface area contributed by atoms with Crippen molar-refractivity contribution in [3.05, 3.63) is 40.9 Å². The number of carbonyl (C=O) groups is 2. The third-order valence-corrected chi connectivity index (χ3v) is 5.26. The van der Waals surface area contributed by atoms with Crippen LogP contribution in [0.25, 0.3) is 0 Å². The number of amides is 2. The van der Waals surface area contributed by atoms with Crippen LogP contribution in [-0.2, 0) is 9.59 Å².